The third-order valence-corrected chi connectivity index (χ3v) is 7.17. The van der Waals surface area contributed by atoms with Crippen LogP contribution >= 0.6 is 0 Å². The number of rotatable bonds is 10. The number of nitrogens with zero attached hydrogens (tertiary/aromatic N) is 2. The van der Waals surface area contributed by atoms with Crippen molar-refractivity contribution in [2.45, 2.75) is 32.1 Å². The zero-order valence-corrected chi connectivity index (χ0v) is 20.6. The van der Waals surface area contributed by atoms with Crippen LogP contribution in [0.5, 0.6) is 11.5 Å². The number of carbonyl (C=O) groups excluding carboxylic acids is 1. The predicted molar refractivity (Wildman–Crippen MR) is 131 cm³/mol. The minimum atomic E-state index is -0.794. The minimum Gasteiger partial charge on any atom is -0.497 e. The first-order valence-corrected chi connectivity index (χ1v) is 12.2. The van der Waals surface area contributed by atoms with E-state index in [0.717, 1.165) is 18.2 Å². The van der Waals surface area contributed by atoms with Crippen molar-refractivity contribution in [3.05, 3.63) is 65.6 Å². The van der Waals surface area contributed by atoms with E-state index < -0.39 is 28.8 Å². The van der Waals surface area contributed by atoms with Crippen molar-refractivity contribution in [1.29, 1.82) is 0 Å². The lowest BCUT2D eigenvalue weighted by atomic mass is 9.73. The van der Waals surface area contributed by atoms with Gasteiger partial charge in [-0.05, 0) is 81.1 Å². The second kappa shape index (κ2) is 11.8. The Labute approximate surface area is 213 Å². The molecule has 1 fully saturated rings. The standard InChI is InChI=1S/C27H30F3N3O4/c1-36-19-5-7-24-21(16-19)20(23(30)17-31-24)3-2-8-27(26(34)32-35)9-11-33(12-10-27)13-14-37-25-15-18(28)4-6-22(25)29/h4-7,15-17,35H,2-3,8-14H2,1H3,(H,32,34). The summed E-state index contributed by atoms with van der Waals surface area (Å²) in [5.74, 6) is -1.60. The van der Waals surface area contributed by atoms with E-state index in [2.05, 4.69) is 9.88 Å². The van der Waals surface area contributed by atoms with Crippen LogP contribution in [0.3, 0.4) is 0 Å². The summed E-state index contributed by atoms with van der Waals surface area (Å²) >= 11 is 0. The van der Waals surface area contributed by atoms with Crippen LogP contribution in [-0.2, 0) is 11.2 Å². The Bertz CT molecular complexity index is 1250. The molecule has 0 bridgehead atoms. The Morgan fingerprint density at radius 1 is 1.14 bits per heavy atom. The number of benzene rings is 2. The fraction of sp³-hybridized carbons (Fsp3) is 0.407. The van der Waals surface area contributed by atoms with Crippen LogP contribution in [0.1, 0.15) is 31.2 Å². The van der Waals surface area contributed by atoms with Crippen molar-refractivity contribution in [1.82, 2.24) is 15.4 Å². The SMILES string of the molecule is COc1ccc2ncc(F)c(CCCC3(C(=O)NO)CCN(CCOc4cc(F)ccc4F)CC3)c2c1. The highest BCUT2D eigenvalue weighted by atomic mass is 19.1. The predicted octanol–water partition coefficient (Wildman–Crippen LogP) is 4.65. The number of hydrogen-bond donors (Lipinski definition) is 2. The van der Waals surface area contributed by atoms with Crippen molar-refractivity contribution < 1.29 is 32.6 Å². The second-order valence-electron chi connectivity index (χ2n) is 9.31. The highest BCUT2D eigenvalue weighted by molar-refractivity contribution is 5.84. The van der Waals surface area contributed by atoms with E-state index in [1.165, 1.54) is 6.20 Å². The molecular weight excluding hydrogens is 487 g/mol. The maximum absolute atomic E-state index is 14.7. The van der Waals surface area contributed by atoms with E-state index in [0.29, 0.717) is 74.0 Å². The second-order valence-corrected chi connectivity index (χ2v) is 9.31. The van der Waals surface area contributed by atoms with Gasteiger partial charge in [0.05, 0.1) is 24.2 Å². The molecule has 0 saturated carbocycles. The number of carbonyl (C=O) groups is 1. The summed E-state index contributed by atoms with van der Waals surface area (Å²) < 4.78 is 52.4. The summed E-state index contributed by atoms with van der Waals surface area (Å²) in [5, 5.41) is 10.1. The molecule has 0 atom stereocenters. The van der Waals surface area contributed by atoms with E-state index >= 15 is 0 Å². The molecule has 3 aromatic rings. The average Bonchev–Trinajstić information content (AvgIpc) is 2.92. The molecule has 0 unspecified atom stereocenters. The third-order valence-electron chi connectivity index (χ3n) is 7.17. The third kappa shape index (κ3) is 6.14. The van der Waals surface area contributed by atoms with Crippen LogP contribution in [0.15, 0.2) is 42.6 Å². The maximum atomic E-state index is 14.7. The number of likely N-dealkylation sites (tertiary alicyclic amines) is 1. The van der Waals surface area contributed by atoms with Crippen LogP contribution in [0.2, 0.25) is 0 Å². The Hall–Kier alpha value is -3.37. The molecule has 1 aliphatic rings. The van der Waals surface area contributed by atoms with Gasteiger partial charge in [-0.1, -0.05) is 0 Å². The largest absolute Gasteiger partial charge is 0.497 e. The first-order valence-electron chi connectivity index (χ1n) is 12.2. The number of hydroxylamine groups is 1. The van der Waals surface area contributed by atoms with Gasteiger partial charge in [-0.15, -0.1) is 0 Å². The summed E-state index contributed by atoms with van der Waals surface area (Å²) in [6.45, 7) is 1.76. The van der Waals surface area contributed by atoms with E-state index in [-0.39, 0.29) is 12.4 Å². The molecule has 1 saturated heterocycles. The molecule has 7 nitrogen and oxygen atoms in total. The van der Waals surface area contributed by atoms with Crippen LogP contribution < -0.4 is 15.0 Å². The number of pyridine rings is 1. The van der Waals surface area contributed by atoms with Crippen LogP contribution in [-0.4, -0.2) is 54.3 Å². The van der Waals surface area contributed by atoms with Crippen molar-refractivity contribution in [2.75, 3.05) is 33.4 Å². The normalized spacial score (nSPS) is 15.5. The van der Waals surface area contributed by atoms with Gasteiger partial charge in [0, 0.05) is 18.0 Å². The van der Waals surface area contributed by atoms with Crippen molar-refractivity contribution in [3.63, 3.8) is 0 Å². The molecule has 2 N–H and O–H groups in total. The summed E-state index contributed by atoms with van der Waals surface area (Å²) in [5.41, 5.74) is 2.19. The highest BCUT2D eigenvalue weighted by Gasteiger charge is 2.40. The molecule has 10 heteroatoms. The first kappa shape index (κ1) is 26.7. The topological polar surface area (TPSA) is 83.9 Å². The molecule has 4 rings (SSSR count). The minimum absolute atomic E-state index is 0.139. The summed E-state index contributed by atoms with van der Waals surface area (Å²) in [6.07, 6.45) is 3.57. The van der Waals surface area contributed by atoms with E-state index in [1.807, 2.05) is 5.48 Å². The molecular formula is C27H30F3N3O4. The number of methoxy groups -OCH3 is 1. The van der Waals surface area contributed by atoms with E-state index in [9.17, 15) is 23.2 Å². The van der Waals surface area contributed by atoms with Crippen molar-refractivity contribution in [2.24, 2.45) is 5.41 Å². The molecule has 2 heterocycles. The summed E-state index contributed by atoms with van der Waals surface area (Å²) in [7, 11) is 1.54. The van der Waals surface area contributed by atoms with Gasteiger partial charge in [0.2, 0.25) is 5.91 Å². The smallest absolute Gasteiger partial charge is 0.249 e. The monoisotopic (exact) mass is 517 g/mol. The maximum Gasteiger partial charge on any atom is 0.249 e. The lowest BCUT2D eigenvalue weighted by Gasteiger charge is -2.40. The summed E-state index contributed by atoms with van der Waals surface area (Å²) in [6, 6.07) is 8.36. The van der Waals surface area contributed by atoms with Gasteiger partial charge in [-0.25, -0.2) is 18.7 Å². The average molecular weight is 518 g/mol. The van der Waals surface area contributed by atoms with Crippen molar-refractivity contribution in [3.8, 4) is 11.5 Å². The number of aromatic nitrogens is 1. The molecule has 2 aromatic carbocycles. The fourth-order valence-electron chi connectivity index (χ4n) is 4.97. The highest BCUT2D eigenvalue weighted by Crippen LogP contribution is 2.37. The molecule has 1 amide bonds. The number of ether oxygens (including phenoxy) is 2. The fourth-order valence-corrected chi connectivity index (χ4v) is 4.97. The zero-order chi connectivity index (χ0) is 26.4. The van der Waals surface area contributed by atoms with E-state index in [4.69, 9.17) is 9.47 Å². The number of amides is 1. The molecule has 1 aromatic heterocycles. The Morgan fingerprint density at radius 2 is 1.92 bits per heavy atom. The molecule has 198 valence electrons. The van der Waals surface area contributed by atoms with Crippen LogP contribution in [0, 0.1) is 22.9 Å². The van der Waals surface area contributed by atoms with Gasteiger partial charge in [-0.3, -0.25) is 19.9 Å². The number of fused-ring (bicyclic) bond motifs is 1. The Kier molecular flexibility index (Phi) is 8.50. The number of nitrogens with one attached hydrogen (secondary N) is 1. The van der Waals surface area contributed by atoms with Gasteiger partial charge in [0.1, 0.15) is 24.0 Å². The Morgan fingerprint density at radius 3 is 2.65 bits per heavy atom. The number of halogens is 3. The number of piperidine rings is 1. The van der Waals surface area contributed by atoms with Crippen LogP contribution in [0.25, 0.3) is 10.9 Å². The van der Waals surface area contributed by atoms with Gasteiger partial charge in [0.15, 0.2) is 11.6 Å². The quantitative estimate of drug-likeness (QED) is 0.301. The van der Waals surface area contributed by atoms with Gasteiger partial charge in [0.25, 0.3) is 0 Å². The number of hydrogen-bond acceptors (Lipinski definition) is 6. The van der Waals surface area contributed by atoms with Gasteiger partial charge in [-0.2, -0.15) is 0 Å². The van der Waals surface area contributed by atoms with Gasteiger partial charge >= 0.3 is 0 Å². The lowest BCUT2D eigenvalue weighted by molar-refractivity contribution is -0.143. The van der Waals surface area contributed by atoms with Gasteiger partial charge < -0.3 is 9.47 Å². The lowest BCUT2D eigenvalue weighted by Crippen LogP contribution is -2.49. The molecule has 37 heavy (non-hydrogen) atoms. The number of aryl methyl sites for hydroxylation is 1. The zero-order valence-electron chi connectivity index (χ0n) is 20.6. The summed E-state index contributed by atoms with van der Waals surface area (Å²) in [4.78, 5) is 18.9. The van der Waals surface area contributed by atoms with E-state index in [1.54, 1.807) is 25.3 Å². The van der Waals surface area contributed by atoms with Crippen molar-refractivity contribution >= 4 is 16.8 Å². The molecule has 1 aliphatic heterocycles. The Balaban J connectivity index is 1.36. The molecule has 0 spiro atoms. The first-order chi connectivity index (χ1) is 17.8. The molecule has 0 radical (unpaired) electrons. The van der Waals surface area contributed by atoms with Crippen LogP contribution in [0.4, 0.5) is 13.2 Å². The molecule has 0 aliphatic carbocycles.